The monoisotopic (exact) mass is 446 g/mol. The molecule has 2 aromatic carbocycles. The topological polar surface area (TPSA) is 84.9 Å². The predicted molar refractivity (Wildman–Crippen MR) is 117 cm³/mol. The van der Waals surface area contributed by atoms with Crippen LogP contribution in [0.25, 0.3) is 10.1 Å². The highest BCUT2D eigenvalue weighted by molar-refractivity contribution is 7.89. The van der Waals surface area contributed by atoms with Crippen molar-refractivity contribution in [3.63, 3.8) is 0 Å². The Bertz CT molecular complexity index is 1130. The van der Waals surface area contributed by atoms with Crippen molar-refractivity contribution in [3.8, 4) is 5.75 Å². The van der Waals surface area contributed by atoms with E-state index in [0.717, 1.165) is 10.1 Å². The van der Waals surface area contributed by atoms with Gasteiger partial charge in [0.15, 0.2) is 0 Å². The summed E-state index contributed by atoms with van der Waals surface area (Å²) >= 11 is 1.39. The van der Waals surface area contributed by atoms with Crippen LogP contribution in [0, 0.1) is 0 Å². The molecule has 1 saturated heterocycles. The molecule has 2 heterocycles. The number of anilines is 1. The Morgan fingerprint density at radius 2 is 1.93 bits per heavy atom. The third-order valence-electron chi connectivity index (χ3n) is 4.74. The lowest BCUT2D eigenvalue weighted by Gasteiger charge is -2.27. The molecule has 0 aliphatic carbocycles. The van der Waals surface area contributed by atoms with Crippen LogP contribution >= 0.6 is 11.3 Å². The van der Waals surface area contributed by atoms with Crippen LogP contribution in [0.1, 0.15) is 16.6 Å². The largest absolute Gasteiger partial charge is 0.492 e. The molecule has 1 aromatic heterocycles. The van der Waals surface area contributed by atoms with E-state index < -0.39 is 10.0 Å². The molecular formula is C21H22N2O5S2. The lowest BCUT2D eigenvalue weighted by atomic mass is 10.2. The summed E-state index contributed by atoms with van der Waals surface area (Å²) in [5, 5.41) is 3.81. The molecule has 1 amide bonds. The van der Waals surface area contributed by atoms with Crippen molar-refractivity contribution in [2.45, 2.75) is 11.8 Å². The molecule has 1 aliphatic heterocycles. The maximum Gasteiger partial charge on any atom is 0.265 e. The molecule has 3 aromatic rings. The average Bonchev–Trinajstić information content (AvgIpc) is 3.20. The molecule has 4 rings (SSSR count). The van der Waals surface area contributed by atoms with E-state index in [2.05, 4.69) is 5.32 Å². The lowest BCUT2D eigenvalue weighted by molar-refractivity contribution is 0.0729. The fourth-order valence-electron chi connectivity index (χ4n) is 3.27. The van der Waals surface area contributed by atoms with E-state index in [4.69, 9.17) is 9.47 Å². The highest BCUT2D eigenvalue weighted by Crippen LogP contribution is 2.31. The second-order valence-corrected chi connectivity index (χ2v) is 9.70. The Balaban J connectivity index is 1.64. The average molecular weight is 447 g/mol. The number of morpholine rings is 1. The first-order valence-corrected chi connectivity index (χ1v) is 11.9. The van der Waals surface area contributed by atoms with Crippen molar-refractivity contribution in [1.29, 1.82) is 0 Å². The van der Waals surface area contributed by atoms with Crippen LogP contribution < -0.4 is 10.1 Å². The summed E-state index contributed by atoms with van der Waals surface area (Å²) < 4.78 is 39.6. The molecule has 9 heteroatoms. The Morgan fingerprint density at radius 1 is 1.17 bits per heavy atom. The summed E-state index contributed by atoms with van der Waals surface area (Å²) in [7, 11) is -3.78. The fraction of sp³-hybridized carbons (Fsp3) is 0.286. The van der Waals surface area contributed by atoms with Crippen LogP contribution in [-0.4, -0.2) is 51.5 Å². The normalized spacial score (nSPS) is 15.2. The minimum atomic E-state index is -3.78. The van der Waals surface area contributed by atoms with Crippen LogP contribution in [0.5, 0.6) is 5.75 Å². The molecule has 1 N–H and O–H groups in total. The first-order chi connectivity index (χ1) is 14.5. The number of sulfonamides is 1. The Morgan fingerprint density at radius 3 is 2.67 bits per heavy atom. The van der Waals surface area contributed by atoms with Crippen LogP contribution in [0.4, 0.5) is 5.69 Å². The van der Waals surface area contributed by atoms with Gasteiger partial charge in [0, 0.05) is 23.5 Å². The summed E-state index contributed by atoms with van der Waals surface area (Å²) in [6.07, 6.45) is 0. The van der Waals surface area contributed by atoms with Crippen molar-refractivity contribution >= 4 is 43.0 Å². The Hall–Kier alpha value is -2.46. The van der Waals surface area contributed by atoms with Crippen LogP contribution in [-0.2, 0) is 14.8 Å². The van der Waals surface area contributed by atoms with Gasteiger partial charge in [0.05, 0.1) is 24.7 Å². The third-order valence-corrected chi connectivity index (χ3v) is 7.77. The molecule has 0 radical (unpaired) electrons. The molecule has 1 fully saturated rings. The van der Waals surface area contributed by atoms with Gasteiger partial charge >= 0.3 is 0 Å². The molecular weight excluding hydrogens is 424 g/mol. The maximum absolute atomic E-state index is 13.2. The van der Waals surface area contributed by atoms with Crippen molar-refractivity contribution in [2.75, 3.05) is 38.2 Å². The zero-order valence-electron chi connectivity index (χ0n) is 16.5. The molecule has 0 spiro atoms. The predicted octanol–water partition coefficient (Wildman–Crippen LogP) is 3.57. The summed E-state index contributed by atoms with van der Waals surface area (Å²) in [4.78, 5) is 13.3. The first-order valence-electron chi connectivity index (χ1n) is 9.63. The standard InChI is InChI=1S/C21H22N2O5S2/c1-2-28-17-8-7-16(14-20(17)30(25,26)23-9-11-27-12-10-23)22-21(24)19-13-15-5-3-4-6-18(15)29-19/h3-8,13-14H,2,9-12H2,1H3,(H,22,24). The molecule has 30 heavy (non-hydrogen) atoms. The number of hydrogen-bond acceptors (Lipinski definition) is 6. The van der Waals surface area contributed by atoms with Gasteiger partial charge in [0.2, 0.25) is 10.0 Å². The van der Waals surface area contributed by atoms with E-state index in [1.807, 2.05) is 30.3 Å². The van der Waals surface area contributed by atoms with E-state index in [1.165, 1.54) is 21.7 Å². The first kappa shape index (κ1) is 20.8. The number of rotatable bonds is 6. The number of carbonyl (C=O) groups is 1. The van der Waals surface area contributed by atoms with Gasteiger partial charge in [-0.25, -0.2) is 8.42 Å². The minimum Gasteiger partial charge on any atom is -0.492 e. The Labute approximate surface area is 179 Å². The van der Waals surface area contributed by atoms with Crippen LogP contribution in [0.3, 0.4) is 0 Å². The summed E-state index contributed by atoms with van der Waals surface area (Å²) in [5.41, 5.74) is 0.396. The Kier molecular flexibility index (Phi) is 6.05. The number of fused-ring (bicyclic) bond motifs is 1. The van der Waals surface area contributed by atoms with E-state index in [1.54, 1.807) is 19.1 Å². The van der Waals surface area contributed by atoms with Crippen molar-refractivity contribution < 1.29 is 22.7 Å². The molecule has 0 unspecified atom stereocenters. The minimum absolute atomic E-state index is 0.0420. The third kappa shape index (κ3) is 4.20. The number of hydrogen-bond donors (Lipinski definition) is 1. The number of thiophene rings is 1. The SMILES string of the molecule is CCOc1ccc(NC(=O)c2cc3ccccc3s2)cc1S(=O)(=O)N1CCOCC1. The van der Waals surface area contributed by atoms with Crippen LogP contribution in [0.15, 0.2) is 53.4 Å². The summed E-state index contributed by atoms with van der Waals surface area (Å²) in [6.45, 7) is 3.40. The van der Waals surface area contributed by atoms with Crippen molar-refractivity contribution in [3.05, 3.63) is 53.4 Å². The highest BCUT2D eigenvalue weighted by Gasteiger charge is 2.30. The van der Waals surface area contributed by atoms with E-state index >= 15 is 0 Å². The van der Waals surface area contributed by atoms with Gasteiger partial charge in [-0.1, -0.05) is 18.2 Å². The summed E-state index contributed by atoms with van der Waals surface area (Å²) in [6, 6.07) is 14.3. The highest BCUT2D eigenvalue weighted by atomic mass is 32.2. The molecule has 7 nitrogen and oxygen atoms in total. The number of nitrogens with one attached hydrogen (secondary N) is 1. The summed E-state index contributed by atoms with van der Waals surface area (Å²) in [5.74, 6) is -0.0149. The molecule has 0 saturated carbocycles. The second-order valence-electron chi connectivity index (χ2n) is 6.71. The zero-order valence-corrected chi connectivity index (χ0v) is 18.1. The van der Waals surface area contributed by atoms with Gasteiger partial charge in [0.1, 0.15) is 10.6 Å². The van der Waals surface area contributed by atoms with Gasteiger partial charge in [-0.2, -0.15) is 4.31 Å². The van der Waals surface area contributed by atoms with Crippen molar-refractivity contribution in [1.82, 2.24) is 4.31 Å². The number of benzene rings is 2. The van der Waals surface area contributed by atoms with E-state index in [0.29, 0.717) is 30.4 Å². The van der Waals surface area contributed by atoms with Gasteiger partial charge in [-0.05, 0) is 42.6 Å². The van der Waals surface area contributed by atoms with E-state index in [-0.39, 0.29) is 29.6 Å². The number of amides is 1. The van der Waals surface area contributed by atoms with E-state index in [9.17, 15) is 13.2 Å². The van der Waals surface area contributed by atoms with Crippen LogP contribution in [0.2, 0.25) is 0 Å². The smallest absolute Gasteiger partial charge is 0.265 e. The molecule has 1 aliphatic rings. The maximum atomic E-state index is 13.2. The molecule has 0 atom stereocenters. The number of carbonyl (C=O) groups excluding carboxylic acids is 1. The lowest BCUT2D eigenvalue weighted by Crippen LogP contribution is -2.40. The zero-order chi connectivity index (χ0) is 21.1. The quantitative estimate of drug-likeness (QED) is 0.626. The van der Waals surface area contributed by atoms with Gasteiger partial charge in [-0.15, -0.1) is 11.3 Å². The molecule has 0 bridgehead atoms. The fourth-order valence-corrected chi connectivity index (χ4v) is 5.80. The van der Waals surface area contributed by atoms with Gasteiger partial charge in [-0.3, -0.25) is 4.79 Å². The number of ether oxygens (including phenoxy) is 2. The second kappa shape index (κ2) is 8.73. The van der Waals surface area contributed by atoms with Gasteiger partial charge in [0.25, 0.3) is 5.91 Å². The van der Waals surface area contributed by atoms with Gasteiger partial charge < -0.3 is 14.8 Å². The van der Waals surface area contributed by atoms with Crippen molar-refractivity contribution in [2.24, 2.45) is 0 Å². The number of nitrogens with zero attached hydrogens (tertiary/aromatic N) is 1. The molecule has 158 valence electrons.